The van der Waals surface area contributed by atoms with E-state index in [2.05, 4.69) is 10.5 Å². The van der Waals surface area contributed by atoms with Crippen molar-refractivity contribution in [2.75, 3.05) is 5.43 Å². The fraction of sp³-hybridized carbons (Fsp3) is 0.136. The van der Waals surface area contributed by atoms with Gasteiger partial charge in [-0.15, -0.1) is 0 Å². The van der Waals surface area contributed by atoms with Crippen LogP contribution in [-0.4, -0.2) is 5.71 Å². The molecule has 148 valence electrons. The van der Waals surface area contributed by atoms with Gasteiger partial charge >= 0.3 is 6.18 Å². The number of benzene rings is 3. The Labute approximate surface area is 170 Å². The van der Waals surface area contributed by atoms with Crippen molar-refractivity contribution in [2.45, 2.75) is 18.7 Å². The van der Waals surface area contributed by atoms with E-state index in [-0.39, 0.29) is 16.8 Å². The first kappa shape index (κ1) is 19.3. The zero-order valence-corrected chi connectivity index (χ0v) is 15.8. The highest BCUT2D eigenvalue weighted by atomic mass is 35.5. The Morgan fingerprint density at radius 2 is 1.69 bits per heavy atom. The van der Waals surface area contributed by atoms with Crippen molar-refractivity contribution in [1.29, 1.82) is 0 Å². The molecule has 0 radical (unpaired) electrons. The summed E-state index contributed by atoms with van der Waals surface area (Å²) in [5.74, 6) is 0.670. The van der Waals surface area contributed by atoms with Crippen LogP contribution in [0.2, 0.25) is 5.02 Å². The van der Waals surface area contributed by atoms with Crippen LogP contribution in [0.25, 0.3) is 0 Å². The molecule has 0 saturated carbocycles. The maximum absolute atomic E-state index is 13.0. The van der Waals surface area contributed by atoms with Crippen LogP contribution < -0.4 is 10.2 Å². The maximum atomic E-state index is 13.0. The Morgan fingerprint density at radius 3 is 2.45 bits per heavy atom. The van der Waals surface area contributed by atoms with E-state index in [0.717, 1.165) is 23.3 Å². The zero-order chi connectivity index (χ0) is 20.4. The minimum Gasteiger partial charge on any atom is -0.485 e. The lowest BCUT2D eigenvalue weighted by molar-refractivity contribution is -0.137. The third-order valence-corrected chi connectivity index (χ3v) is 4.95. The van der Waals surface area contributed by atoms with Crippen LogP contribution in [-0.2, 0) is 6.18 Å². The van der Waals surface area contributed by atoms with Crippen LogP contribution in [0.3, 0.4) is 0 Å². The van der Waals surface area contributed by atoms with E-state index in [1.165, 1.54) is 6.07 Å². The predicted octanol–water partition coefficient (Wildman–Crippen LogP) is 6.70. The van der Waals surface area contributed by atoms with Gasteiger partial charge in [-0.3, -0.25) is 5.43 Å². The number of hydrogen-bond donors (Lipinski definition) is 1. The van der Waals surface area contributed by atoms with Gasteiger partial charge in [0, 0.05) is 12.0 Å². The molecule has 1 aliphatic rings. The number of para-hydroxylation sites is 1. The molecule has 3 aromatic rings. The van der Waals surface area contributed by atoms with Crippen molar-refractivity contribution in [2.24, 2.45) is 5.10 Å². The molecule has 0 saturated heterocycles. The lowest BCUT2D eigenvalue weighted by atomic mass is 9.96. The molecule has 0 amide bonds. The first-order valence-electron chi connectivity index (χ1n) is 8.92. The minimum atomic E-state index is -4.46. The van der Waals surface area contributed by atoms with E-state index < -0.39 is 11.7 Å². The predicted molar refractivity (Wildman–Crippen MR) is 107 cm³/mol. The van der Waals surface area contributed by atoms with Gasteiger partial charge in [0.1, 0.15) is 11.9 Å². The molecular formula is C22H16ClF3N2O. The summed E-state index contributed by atoms with van der Waals surface area (Å²) in [4.78, 5) is 0. The Bertz CT molecular complexity index is 1050. The Balaban J connectivity index is 1.67. The van der Waals surface area contributed by atoms with Gasteiger partial charge in [-0.25, -0.2) is 0 Å². The van der Waals surface area contributed by atoms with Gasteiger partial charge in [0.05, 0.1) is 22.0 Å². The molecule has 3 nitrogen and oxygen atoms in total. The number of anilines is 1. The van der Waals surface area contributed by atoms with Gasteiger partial charge in [-0.2, -0.15) is 18.3 Å². The average molecular weight is 417 g/mol. The van der Waals surface area contributed by atoms with Crippen molar-refractivity contribution in [3.63, 3.8) is 0 Å². The second-order valence-corrected chi connectivity index (χ2v) is 6.99. The Morgan fingerprint density at radius 1 is 0.966 bits per heavy atom. The van der Waals surface area contributed by atoms with Gasteiger partial charge in [-0.1, -0.05) is 54.1 Å². The van der Waals surface area contributed by atoms with E-state index in [1.807, 2.05) is 54.6 Å². The van der Waals surface area contributed by atoms with Crippen LogP contribution in [0.1, 0.15) is 29.2 Å². The third kappa shape index (κ3) is 4.22. The van der Waals surface area contributed by atoms with Crippen molar-refractivity contribution in [3.05, 3.63) is 94.5 Å². The highest BCUT2D eigenvalue weighted by Gasteiger charge is 2.31. The fourth-order valence-corrected chi connectivity index (χ4v) is 3.32. The molecule has 1 aliphatic heterocycles. The third-order valence-electron chi connectivity index (χ3n) is 4.62. The van der Waals surface area contributed by atoms with Crippen LogP contribution in [0.15, 0.2) is 77.9 Å². The second kappa shape index (κ2) is 7.79. The molecule has 1 N–H and O–H groups in total. The molecule has 29 heavy (non-hydrogen) atoms. The summed E-state index contributed by atoms with van der Waals surface area (Å²) in [6.07, 6.45) is -4.24. The van der Waals surface area contributed by atoms with Crippen molar-refractivity contribution < 1.29 is 17.9 Å². The molecule has 0 aromatic heterocycles. The van der Waals surface area contributed by atoms with Crippen molar-refractivity contribution >= 4 is 23.0 Å². The van der Waals surface area contributed by atoms with E-state index in [9.17, 15) is 13.2 Å². The Hall–Kier alpha value is -2.99. The summed E-state index contributed by atoms with van der Waals surface area (Å²) < 4.78 is 45.1. The second-order valence-electron chi connectivity index (χ2n) is 6.58. The summed E-state index contributed by atoms with van der Waals surface area (Å²) in [6, 6.07) is 20.2. The number of nitrogens with one attached hydrogen (secondary N) is 1. The van der Waals surface area contributed by atoms with Gasteiger partial charge in [0.2, 0.25) is 0 Å². The number of hydrazone groups is 1. The monoisotopic (exact) mass is 416 g/mol. The van der Waals surface area contributed by atoms with Crippen molar-refractivity contribution in [3.8, 4) is 5.75 Å². The maximum Gasteiger partial charge on any atom is 0.416 e. The highest BCUT2D eigenvalue weighted by Crippen LogP contribution is 2.36. The van der Waals surface area contributed by atoms with Crippen LogP contribution in [0.5, 0.6) is 5.75 Å². The molecule has 0 bridgehead atoms. The molecule has 3 aromatic carbocycles. The number of fused-ring (bicyclic) bond motifs is 1. The largest absolute Gasteiger partial charge is 0.485 e. The summed E-state index contributed by atoms with van der Waals surface area (Å²) in [7, 11) is 0. The Kier molecular flexibility index (Phi) is 5.20. The van der Waals surface area contributed by atoms with E-state index in [0.29, 0.717) is 17.9 Å². The number of halogens is 4. The number of nitrogens with zero attached hydrogens (tertiary/aromatic N) is 1. The molecular weight excluding hydrogens is 401 g/mol. The fourth-order valence-electron chi connectivity index (χ4n) is 3.16. The molecule has 0 aliphatic carbocycles. The highest BCUT2D eigenvalue weighted by molar-refractivity contribution is 6.33. The van der Waals surface area contributed by atoms with Gasteiger partial charge in [-0.05, 0) is 35.9 Å². The molecule has 7 heteroatoms. The first-order valence-corrected chi connectivity index (χ1v) is 9.30. The van der Waals surface area contributed by atoms with Crippen LogP contribution >= 0.6 is 11.6 Å². The summed E-state index contributed by atoms with van der Waals surface area (Å²) in [5.41, 5.74) is 4.46. The van der Waals surface area contributed by atoms with Gasteiger partial charge in [0.25, 0.3) is 0 Å². The average Bonchev–Trinajstić information content (AvgIpc) is 2.72. The number of rotatable bonds is 3. The number of alkyl halides is 3. The van der Waals surface area contributed by atoms with Crippen molar-refractivity contribution in [1.82, 2.24) is 0 Å². The van der Waals surface area contributed by atoms with Crippen LogP contribution in [0.4, 0.5) is 18.9 Å². The lowest BCUT2D eigenvalue weighted by Gasteiger charge is -2.27. The molecule has 0 fully saturated rings. The summed E-state index contributed by atoms with van der Waals surface area (Å²) in [6.45, 7) is 0. The molecule has 0 spiro atoms. The first-order chi connectivity index (χ1) is 13.9. The molecule has 1 heterocycles. The van der Waals surface area contributed by atoms with Crippen LogP contribution in [0, 0.1) is 0 Å². The van der Waals surface area contributed by atoms with Gasteiger partial charge in [0.15, 0.2) is 0 Å². The zero-order valence-electron chi connectivity index (χ0n) is 15.1. The SMILES string of the molecule is FC(F)(F)c1ccc(Cl)c(N/N=C2/CC(c3ccccc3)Oc3ccccc32)c1. The summed E-state index contributed by atoms with van der Waals surface area (Å²) >= 11 is 6.06. The lowest BCUT2D eigenvalue weighted by Crippen LogP contribution is -2.21. The standard InChI is InChI=1S/C22H16ClF3N2O/c23-17-11-10-15(22(24,25)26)12-19(17)28-27-18-13-21(14-6-2-1-3-7-14)29-20-9-5-4-8-16(18)20/h1-12,21,28H,13H2/b27-18-. The van der Waals surface area contributed by atoms with E-state index in [1.54, 1.807) is 0 Å². The molecule has 4 rings (SSSR count). The minimum absolute atomic E-state index is 0.0919. The normalized spacial score (nSPS) is 17.5. The van der Waals surface area contributed by atoms with Gasteiger partial charge < -0.3 is 4.74 Å². The van der Waals surface area contributed by atoms with E-state index in [4.69, 9.17) is 16.3 Å². The van der Waals surface area contributed by atoms with E-state index >= 15 is 0 Å². The number of ether oxygens (including phenoxy) is 1. The molecule has 1 unspecified atom stereocenters. The quantitative estimate of drug-likeness (QED) is 0.482. The topological polar surface area (TPSA) is 33.6 Å². The molecule has 1 atom stereocenters. The smallest absolute Gasteiger partial charge is 0.416 e. The summed E-state index contributed by atoms with van der Waals surface area (Å²) in [5, 5.41) is 4.54. The number of hydrogen-bond acceptors (Lipinski definition) is 3.